The first-order valence-electron chi connectivity index (χ1n) is 7.23. The Morgan fingerprint density at radius 2 is 2.00 bits per heavy atom. The summed E-state index contributed by atoms with van der Waals surface area (Å²) in [6, 6.07) is 3.71. The van der Waals surface area contributed by atoms with Gasteiger partial charge in [-0.25, -0.2) is 9.97 Å². The lowest BCUT2D eigenvalue weighted by molar-refractivity contribution is 0.0940. The van der Waals surface area contributed by atoms with Crippen LogP contribution in [0.25, 0.3) is 0 Å². The van der Waals surface area contributed by atoms with E-state index in [1.165, 1.54) is 12.4 Å². The van der Waals surface area contributed by atoms with Crippen molar-refractivity contribution in [1.29, 1.82) is 0 Å². The predicted molar refractivity (Wildman–Crippen MR) is 88.3 cm³/mol. The average Bonchev–Trinajstić information content (AvgIpc) is 2.60. The Morgan fingerprint density at radius 1 is 1.29 bits per heavy atom. The molecule has 126 valence electrons. The number of aromatic hydroxyl groups is 1. The number of aromatic nitrogens is 2. The second kappa shape index (κ2) is 7.96. The third kappa shape index (κ3) is 4.01. The zero-order valence-electron chi connectivity index (χ0n) is 13.6. The second-order valence-corrected chi connectivity index (χ2v) is 4.93. The van der Waals surface area contributed by atoms with Crippen molar-refractivity contribution in [3.63, 3.8) is 0 Å². The maximum Gasteiger partial charge on any atom is 0.289 e. The lowest BCUT2D eigenvalue weighted by Gasteiger charge is -2.14. The molecule has 0 aliphatic carbocycles. The van der Waals surface area contributed by atoms with Gasteiger partial charge in [-0.1, -0.05) is 6.08 Å². The van der Waals surface area contributed by atoms with Crippen LogP contribution in [0.4, 0.5) is 0 Å². The van der Waals surface area contributed by atoms with Gasteiger partial charge in [0.05, 0.1) is 26.6 Å². The number of allylic oxidation sites excluding steroid dienone is 1. The fraction of sp³-hybridized carbons (Fsp3) is 0.235. The number of amides is 1. The Labute approximate surface area is 140 Å². The quantitative estimate of drug-likeness (QED) is 0.753. The standard InChI is InChI=1S/C17H19N3O4/c1-4-5-12-6-11(7-14(23-2)15(12)24-3)8-20-17(22)16-18-9-13(21)10-19-16/h4,6-7,9-10,21H,1,5,8H2,2-3H3,(H,20,22). The zero-order chi connectivity index (χ0) is 17.5. The number of nitrogens with one attached hydrogen (secondary N) is 1. The number of hydrogen-bond donors (Lipinski definition) is 2. The molecular weight excluding hydrogens is 310 g/mol. The summed E-state index contributed by atoms with van der Waals surface area (Å²) >= 11 is 0. The van der Waals surface area contributed by atoms with Gasteiger partial charge in [-0.2, -0.15) is 0 Å². The maximum atomic E-state index is 12.0. The third-order valence-electron chi connectivity index (χ3n) is 3.27. The summed E-state index contributed by atoms with van der Waals surface area (Å²) in [7, 11) is 3.14. The van der Waals surface area contributed by atoms with Crippen molar-refractivity contribution in [1.82, 2.24) is 15.3 Å². The van der Waals surface area contributed by atoms with E-state index in [2.05, 4.69) is 21.9 Å². The van der Waals surface area contributed by atoms with Crippen molar-refractivity contribution in [3.8, 4) is 17.2 Å². The summed E-state index contributed by atoms with van der Waals surface area (Å²) in [5.41, 5.74) is 1.76. The summed E-state index contributed by atoms with van der Waals surface area (Å²) in [6.45, 7) is 4.01. The van der Waals surface area contributed by atoms with E-state index in [1.54, 1.807) is 26.4 Å². The Bertz CT molecular complexity index is 729. The van der Waals surface area contributed by atoms with Gasteiger partial charge < -0.3 is 19.9 Å². The molecule has 2 aromatic rings. The Kier molecular flexibility index (Phi) is 5.73. The van der Waals surface area contributed by atoms with Crippen molar-refractivity contribution in [2.45, 2.75) is 13.0 Å². The first kappa shape index (κ1) is 17.3. The van der Waals surface area contributed by atoms with Crippen LogP contribution in [0.3, 0.4) is 0 Å². The number of rotatable bonds is 7. The summed E-state index contributed by atoms with van der Waals surface area (Å²) < 4.78 is 10.7. The van der Waals surface area contributed by atoms with E-state index in [-0.39, 0.29) is 18.1 Å². The van der Waals surface area contributed by atoms with E-state index in [1.807, 2.05) is 6.07 Å². The van der Waals surface area contributed by atoms with Crippen LogP contribution < -0.4 is 14.8 Å². The Balaban J connectivity index is 2.16. The highest BCUT2D eigenvalue weighted by atomic mass is 16.5. The summed E-state index contributed by atoms with van der Waals surface area (Å²) in [6.07, 6.45) is 4.72. The van der Waals surface area contributed by atoms with E-state index in [0.29, 0.717) is 17.9 Å². The minimum atomic E-state index is -0.435. The van der Waals surface area contributed by atoms with E-state index in [9.17, 15) is 4.79 Å². The van der Waals surface area contributed by atoms with Gasteiger partial charge in [-0.05, 0) is 24.1 Å². The van der Waals surface area contributed by atoms with Crippen molar-refractivity contribution < 1.29 is 19.4 Å². The molecule has 0 fully saturated rings. The molecule has 0 saturated carbocycles. The fourth-order valence-electron chi connectivity index (χ4n) is 2.22. The molecule has 1 aromatic heterocycles. The largest absolute Gasteiger partial charge is 0.505 e. The van der Waals surface area contributed by atoms with Crippen molar-refractivity contribution in [3.05, 3.63) is 54.1 Å². The molecule has 0 spiro atoms. The van der Waals surface area contributed by atoms with Gasteiger partial charge in [-0.15, -0.1) is 6.58 Å². The van der Waals surface area contributed by atoms with Crippen molar-refractivity contribution in [2.75, 3.05) is 14.2 Å². The topological polar surface area (TPSA) is 93.6 Å². The monoisotopic (exact) mass is 329 g/mol. The molecule has 1 amide bonds. The molecule has 0 bridgehead atoms. The number of ether oxygens (including phenoxy) is 2. The van der Waals surface area contributed by atoms with Gasteiger partial charge in [0, 0.05) is 12.1 Å². The predicted octanol–water partition coefficient (Wildman–Crippen LogP) is 1.86. The number of carbonyl (C=O) groups is 1. The molecule has 24 heavy (non-hydrogen) atoms. The van der Waals surface area contributed by atoms with Gasteiger partial charge >= 0.3 is 0 Å². The second-order valence-electron chi connectivity index (χ2n) is 4.93. The van der Waals surface area contributed by atoms with Crippen LogP contribution in [-0.2, 0) is 13.0 Å². The number of nitrogens with zero attached hydrogens (tertiary/aromatic N) is 2. The normalized spacial score (nSPS) is 10.1. The molecule has 0 aliphatic rings. The number of methoxy groups -OCH3 is 2. The van der Waals surface area contributed by atoms with Gasteiger partial charge in [0.1, 0.15) is 0 Å². The molecule has 7 heteroatoms. The van der Waals surface area contributed by atoms with E-state index < -0.39 is 5.91 Å². The average molecular weight is 329 g/mol. The molecule has 0 saturated heterocycles. The Morgan fingerprint density at radius 3 is 2.58 bits per heavy atom. The summed E-state index contributed by atoms with van der Waals surface area (Å²) in [4.78, 5) is 19.6. The van der Waals surface area contributed by atoms with Crippen LogP contribution in [-0.4, -0.2) is 35.2 Å². The number of benzene rings is 1. The zero-order valence-corrected chi connectivity index (χ0v) is 13.6. The number of carbonyl (C=O) groups excluding carboxylic acids is 1. The van der Waals surface area contributed by atoms with Gasteiger partial charge in [-0.3, -0.25) is 4.79 Å². The number of hydrogen-bond acceptors (Lipinski definition) is 6. The van der Waals surface area contributed by atoms with Gasteiger partial charge in [0.25, 0.3) is 5.91 Å². The van der Waals surface area contributed by atoms with Crippen molar-refractivity contribution >= 4 is 5.91 Å². The van der Waals surface area contributed by atoms with Crippen molar-refractivity contribution in [2.24, 2.45) is 0 Å². The van der Waals surface area contributed by atoms with Crippen LogP contribution in [0.15, 0.2) is 37.2 Å². The molecule has 1 aromatic carbocycles. The highest BCUT2D eigenvalue weighted by molar-refractivity contribution is 5.90. The van der Waals surface area contributed by atoms with Crippen LogP contribution in [0.1, 0.15) is 21.7 Å². The molecule has 2 N–H and O–H groups in total. The van der Waals surface area contributed by atoms with Gasteiger partial charge in [0.15, 0.2) is 17.2 Å². The summed E-state index contributed by atoms with van der Waals surface area (Å²) in [5, 5.41) is 11.9. The molecule has 2 rings (SSSR count). The first-order valence-corrected chi connectivity index (χ1v) is 7.23. The third-order valence-corrected chi connectivity index (χ3v) is 3.27. The molecule has 0 atom stereocenters. The van der Waals surface area contributed by atoms with Gasteiger partial charge in [0.2, 0.25) is 5.82 Å². The molecule has 0 aliphatic heterocycles. The van der Waals surface area contributed by atoms with E-state index in [4.69, 9.17) is 14.6 Å². The van der Waals surface area contributed by atoms with Crippen LogP contribution in [0, 0.1) is 0 Å². The maximum absolute atomic E-state index is 12.0. The molecule has 7 nitrogen and oxygen atoms in total. The minimum absolute atomic E-state index is 0.0143. The SMILES string of the molecule is C=CCc1cc(CNC(=O)c2ncc(O)cn2)cc(OC)c1OC. The summed E-state index contributed by atoms with van der Waals surface area (Å²) in [5.74, 6) is 0.687. The lowest BCUT2D eigenvalue weighted by atomic mass is 10.1. The Hall–Kier alpha value is -3.09. The highest BCUT2D eigenvalue weighted by Crippen LogP contribution is 2.33. The highest BCUT2D eigenvalue weighted by Gasteiger charge is 2.13. The molecule has 0 radical (unpaired) electrons. The van der Waals surface area contributed by atoms with E-state index in [0.717, 1.165) is 11.1 Å². The smallest absolute Gasteiger partial charge is 0.289 e. The van der Waals surface area contributed by atoms with E-state index >= 15 is 0 Å². The molecule has 1 heterocycles. The van der Waals surface area contributed by atoms with Crippen LogP contribution in [0.5, 0.6) is 17.2 Å². The molecule has 0 unspecified atom stereocenters. The minimum Gasteiger partial charge on any atom is -0.505 e. The fourth-order valence-corrected chi connectivity index (χ4v) is 2.22. The lowest BCUT2D eigenvalue weighted by Crippen LogP contribution is -2.24. The molecular formula is C17H19N3O4. The van der Waals surface area contributed by atoms with Crippen LogP contribution >= 0.6 is 0 Å². The first-order chi connectivity index (χ1) is 11.6. The van der Waals surface area contributed by atoms with Crippen LogP contribution in [0.2, 0.25) is 0 Å².